The Kier molecular flexibility index (Phi) is 30.4. The number of aromatic hydroxyl groups is 1. The number of phenols is 1. The summed E-state index contributed by atoms with van der Waals surface area (Å²) < 4.78 is 54.8. The van der Waals surface area contributed by atoms with Crippen molar-refractivity contribution in [2.75, 3.05) is 20.3 Å². The normalized spacial score (nSPS) is 23.2. The lowest BCUT2D eigenvalue weighted by Crippen LogP contribution is -2.42. The van der Waals surface area contributed by atoms with E-state index in [-0.39, 0.29) is 89.7 Å². The molecule has 0 radical (unpaired) electrons. The van der Waals surface area contributed by atoms with Crippen molar-refractivity contribution in [2.45, 2.75) is 243 Å². The largest absolute Gasteiger partial charge is 0.508 e. The number of carboxylic acid groups (broad SMARTS) is 1. The first-order chi connectivity index (χ1) is 45.2. The highest BCUT2D eigenvalue weighted by atomic mass is 16.7. The van der Waals surface area contributed by atoms with Crippen molar-refractivity contribution in [3.8, 4) is 28.4 Å². The van der Waals surface area contributed by atoms with E-state index in [0.29, 0.717) is 55.6 Å². The minimum absolute atomic E-state index is 0.0478. The Labute approximate surface area is 569 Å². The van der Waals surface area contributed by atoms with E-state index in [1.54, 1.807) is 33.1 Å². The second-order valence-electron chi connectivity index (χ2n) is 28.9. The van der Waals surface area contributed by atoms with Gasteiger partial charge in [0.05, 0.1) is 58.2 Å². The molecule has 96 heavy (non-hydrogen) atoms. The Bertz CT molecular complexity index is 2980. The van der Waals surface area contributed by atoms with Crippen molar-refractivity contribution in [3.05, 3.63) is 78.9 Å². The molecule has 0 spiro atoms. The Balaban J connectivity index is 0.000000226. The number of fused-ring (bicyclic) bond motifs is 3. The molecule has 534 valence electrons. The molecule has 3 aromatic rings. The zero-order valence-corrected chi connectivity index (χ0v) is 59.8. The molecule has 3 aliphatic heterocycles. The number of rotatable bonds is 25. The van der Waals surface area contributed by atoms with Crippen LogP contribution < -0.4 is 9.47 Å². The van der Waals surface area contributed by atoms with Crippen molar-refractivity contribution in [2.24, 2.45) is 57.2 Å². The molecule has 6 aliphatic rings. The third kappa shape index (κ3) is 23.1. The van der Waals surface area contributed by atoms with Gasteiger partial charge >= 0.3 is 47.8 Å². The number of methoxy groups -OCH3 is 1. The first-order valence-corrected chi connectivity index (χ1v) is 34.6. The lowest BCUT2D eigenvalue weighted by atomic mass is 9.86. The molecular formula is C76H110O20. The molecule has 3 heterocycles. The summed E-state index contributed by atoms with van der Waals surface area (Å²) in [7, 11) is 1.66. The molecule has 20 nitrogen and oxygen atoms in total. The van der Waals surface area contributed by atoms with Gasteiger partial charge in [-0.15, -0.1) is 0 Å². The summed E-state index contributed by atoms with van der Waals surface area (Å²) in [5, 5.41) is 17.3. The average molecular weight is 1340 g/mol. The van der Waals surface area contributed by atoms with Crippen LogP contribution in [0.25, 0.3) is 11.1 Å². The molecule has 3 aromatic carbocycles. The zero-order valence-electron chi connectivity index (χ0n) is 59.8. The maximum absolute atomic E-state index is 13.1. The molecule has 12 atom stereocenters. The smallest absolute Gasteiger partial charge is 0.341 e. The fourth-order valence-corrected chi connectivity index (χ4v) is 11.4. The monoisotopic (exact) mass is 1340 g/mol. The molecule has 3 saturated heterocycles. The number of esters is 7. The first kappa shape index (κ1) is 79.8. The molecule has 3 saturated carbocycles. The van der Waals surface area contributed by atoms with Gasteiger partial charge in [0.15, 0.2) is 18.8 Å². The van der Waals surface area contributed by atoms with Crippen LogP contribution in [0.3, 0.4) is 0 Å². The predicted octanol–water partition coefficient (Wildman–Crippen LogP) is 14.4. The molecule has 20 heteroatoms. The van der Waals surface area contributed by atoms with Gasteiger partial charge in [-0.25, -0.2) is 4.79 Å². The fraction of sp³-hybridized carbons (Fsp3) is 0.658. The van der Waals surface area contributed by atoms with Gasteiger partial charge in [-0.1, -0.05) is 103 Å². The van der Waals surface area contributed by atoms with Gasteiger partial charge in [-0.3, -0.25) is 33.6 Å². The number of phenolic OH excluding ortho intramolecular Hbond substituents is 1. The van der Waals surface area contributed by atoms with Gasteiger partial charge in [-0.05, 0) is 192 Å². The predicted molar refractivity (Wildman–Crippen MR) is 360 cm³/mol. The van der Waals surface area contributed by atoms with E-state index in [1.807, 2.05) is 132 Å². The van der Waals surface area contributed by atoms with E-state index in [2.05, 4.69) is 16.9 Å². The van der Waals surface area contributed by atoms with Crippen LogP contribution in [-0.2, 0) is 76.3 Å². The van der Waals surface area contributed by atoms with Crippen LogP contribution in [-0.4, -0.2) is 121 Å². The van der Waals surface area contributed by atoms with E-state index in [0.717, 1.165) is 49.7 Å². The topological polar surface area (TPSA) is 269 Å². The van der Waals surface area contributed by atoms with Gasteiger partial charge in [0.1, 0.15) is 29.5 Å². The van der Waals surface area contributed by atoms with Crippen LogP contribution in [0.1, 0.15) is 200 Å². The quantitative estimate of drug-likeness (QED) is 0.0345. The number of carboxylic acids is 1. The minimum atomic E-state index is -1.13. The lowest BCUT2D eigenvalue weighted by Gasteiger charge is -2.31. The van der Waals surface area contributed by atoms with Crippen LogP contribution in [0, 0.1) is 57.2 Å². The summed E-state index contributed by atoms with van der Waals surface area (Å²) in [4.78, 5) is 93.8. The van der Waals surface area contributed by atoms with Crippen molar-refractivity contribution >= 4 is 47.8 Å². The second-order valence-corrected chi connectivity index (χ2v) is 28.9. The van der Waals surface area contributed by atoms with Crippen molar-refractivity contribution in [1.29, 1.82) is 0 Å². The summed E-state index contributed by atoms with van der Waals surface area (Å²) in [5.74, 6) is -1.000. The summed E-state index contributed by atoms with van der Waals surface area (Å²) >= 11 is 0. The Hall–Kier alpha value is -6.90. The summed E-state index contributed by atoms with van der Waals surface area (Å²) in [6.07, 6.45) is 11.6. The van der Waals surface area contributed by atoms with Crippen LogP contribution in [0.15, 0.2) is 78.9 Å². The number of aliphatic carboxylic acids is 1. The third-order valence-corrected chi connectivity index (χ3v) is 20.1. The van der Waals surface area contributed by atoms with Crippen molar-refractivity contribution in [1.82, 2.24) is 0 Å². The maximum atomic E-state index is 13.1. The first-order valence-electron chi connectivity index (χ1n) is 34.6. The number of benzene rings is 3. The highest BCUT2D eigenvalue weighted by Crippen LogP contribution is 2.51. The molecule has 6 fully saturated rings. The highest BCUT2D eigenvalue weighted by molar-refractivity contribution is 5.81. The van der Waals surface area contributed by atoms with E-state index >= 15 is 0 Å². The molecule has 0 amide bonds. The van der Waals surface area contributed by atoms with E-state index < -0.39 is 58.7 Å². The number of carbonyl (C=O) groups is 8. The number of carbonyl (C=O) groups excluding carboxylic acids is 7. The fourth-order valence-electron chi connectivity index (χ4n) is 11.4. The molecule has 0 aromatic heterocycles. The lowest BCUT2D eigenvalue weighted by molar-refractivity contribution is -0.196. The van der Waals surface area contributed by atoms with Crippen LogP contribution in [0.5, 0.6) is 17.2 Å². The van der Waals surface area contributed by atoms with Gasteiger partial charge in [0, 0.05) is 19.4 Å². The highest BCUT2D eigenvalue weighted by Gasteiger charge is 2.65. The van der Waals surface area contributed by atoms with Crippen molar-refractivity contribution in [3.63, 3.8) is 0 Å². The van der Waals surface area contributed by atoms with Gasteiger partial charge in [0.25, 0.3) is 0 Å². The van der Waals surface area contributed by atoms with Crippen LogP contribution in [0.2, 0.25) is 0 Å². The van der Waals surface area contributed by atoms with Gasteiger partial charge in [-0.2, -0.15) is 0 Å². The molecule has 4 bridgehead atoms. The molecular weight excluding hydrogens is 1230 g/mol. The number of hydrogen-bond acceptors (Lipinski definition) is 19. The van der Waals surface area contributed by atoms with Crippen LogP contribution in [0.4, 0.5) is 0 Å². The average Bonchev–Trinajstić information content (AvgIpc) is 1.58. The summed E-state index contributed by atoms with van der Waals surface area (Å²) in [6.45, 7) is 28.3. The van der Waals surface area contributed by atoms with E-state index in [1.165, 1.54) is 44.2 Å². The molecule has 2 N–H and O–H groups in total. The SMILES string of the molecule is CCC(C)(C)C(=O)OC1C2CC3C(=O)OC1C3O2.CCC(C)(C)C(=O)OCC(=O)O.CCC(C)(C)C(=O)Oc1ccc(-c2ccccc2)cc1.CCC(C)(C)C(=O)Oc1ccc(O)cc1.CCC(C)C(=O)OC1CC2CC(C(=O)OC(CC(C)OC)OCC3CCCCC3)C1C2. The standard InChI is InChI=1S/C25H42O6.C18H20O2.C13H18O5.C12H16O3.C8H14O4/c1-5-16(2)24(26)30-22-14-19-12-20(22)21(13-19)25(27)31-23(11-17(3)28-4)29-15-18-9-7-6-8-10-18;1-4-18(2,3)17(19)20-16-12-10-15(11-13-16)14-8-6-5-7-9-14;1-4-13(2,3)12(15)18-9-7-5-6-8(16-7)10(9)17-11(6)14;1-4-12(2,3)11(14)15-10-7-5-9(13)6-8-10;1-4-8(2,3)7(11)12-5-6(9)10/h16-23H,5-15H2,1-4H3;5-13H,4H2,1-3H3;6-10H,4-5H2,1-3H3;5-8,13H,4H2,1-3H3;4-5H2,1-3H3,(H,9,10). The van der Waals surface area contributed by atoms with E-state index in [9.17, 15) is 38.4 Å². The number of ether oxygens (including phenoxy) is 10. The zero-order chi connectivity index (χ0) is 71.3. The number of hydrogen-bond donors (Lipinski definition) is 2. The molecule has 12 unspecified atom stereocenters. The van der Waals surface area contributed by atoms with E-state index in [4.69, 9.17) is 52.8 Å². The third-order valence-electron chi connectivity index (χ3n) is 20.1. The van der Waals surface area contributed by atoms with Crippen LogP contribution >= 0.6 is 0 Å². The minimum Gasteiger partial charge on any atom is -0.508 e. The maximum Gasteiger partial charge on any atom is 0.341 e. The Morgan fingerprint density at radius 1 is 0.625 bits per heavy atom. The summed E-state index contributed by atoms with van der Waals surface area (Å²) in [5.41, 5.74) is 0.245. The van der Waals surface area contributed by atoms with Crippen molar-refractivity contribution < 1.29 is 95.9 Å². The molecule has 3 aliphatic carbocycles. The van der Waals surface area contributed by atoms with Gasteiger partial charge in [0.2, 0.25) is 6.29 Å². The Morgan fingerprint density at radius 3 is 1.68 bits per heavy atom. The van der Waals surface area contributed by atoms with Gasteiger partial charge < -0.3 is 57.6 Å². The summed E-state index contributed by atoms with van der Waals surface area (Å²) in [6, 6.07) is 23.8. The second kappa shape index (κ2) is 36.6. The molecule has 9 rings (SSSR count). The Morgan fingerprint density at radius 2 is 1.16 bits per heavy atom.